The largest absolute Gasteiger partial charge is 0.481 e. The number of aliphatic carboxylic acids is 1. The number of benzene rings is 1. The van der Waals surface area contributed by atoms with Crippen molar-refractivity contribution < 1.29 is 14.7 Å². The highest BCUT2D eigenvalue weighted by molar-refractivity contribution is 5.77. The van der Waals surface area contributed by atoms with E-state index in [9.17, 15) is 9.59 Å². The number of nitrogens with one attached hydrogen (secondary N) is 1. The van der Waals surface area contributed by atoms with Crippen LogP contribution in [0.3, 0.4) is 0 Å². The monoisotopic (exact) mass is 330 g/mol. The highest BCUT2D eigenvalue weighted by Crippen LogP contribution is 2.39. The second-order valence-electron chi connectivity index (χ2n) is 7.84. The first-order valence-electron chi connectivity index (χ1n) is 8.72. The zero-order valence-corrected chi connectivity index (χ0v) is 14.4. The highest BCUT2D eigenvalue weighted by Gasteiger charge is 2.34. The van der Waals surface area contributed by atoms with Crippen molar-refractivity contribution >= 4 is 12.0 Å². The summed E-state index contributed by atoms with van der Waals surface area (Å²) in [5.41, 5.74) is 2.66. The Kier molecular flexibility index (Phi) is 4.52. The summed E-state index contributed by atoms with van der Waals surface area (Å²) in [5.74, 6) is -1.25. The fraction of sp³-hybridized carbons (Fsp3) is 0.579. The first-order chi connectivity index (χ1) is 11.4. The number of hydrogen-bond acceptors (Lipinski definition) is 2. The summed E-state index contributed by atoms with van der Waals surface area (Å²) in [6.45, 7) is 5.31. The van der Waals surface area contributed by atoms with Gasteiger partial charge in [0.2, 0.25) is 0 Å². The molecule has 2 aliphatic rings. The number of nitrogens with zero attached hydrogens (tertiary/aromatic N) is 1. The Morgan fingerprint density at radius 3 is 2.75 bits per heavy atom. The minimum Gasteiger partial charge on any atom is -0.481 e. The molecule has 3 rings (SSSR count). The maximum absolute atomic E-state index is 12.6. The van der Waals surface area contributed by atoms with Crippen molar-refractivity contribution in [2.75, 3.05) is 13.1 Å². The van der Waals surface area contributed by atoms with Crippen molar-refractivity contribution in [1.82, 2.24) is 10.2 Å². The van der Waals surface area contributed by atoms with Crippen molar-refractivity contribution in [2.45, 2.75) is 45.6 Å². The Morgan fingerprint density at radius 1 is 1.29 bits per heavy atom. The fourth-order valence-corrected chi connectivity index (χ4v) is 3.85. The molecule has 1 fully saturated rings. The third-order valence-corrected chi connectivity index (χ3v) is 5.38. The van der Waals surface area contributed by atoms with E-state index in [-0.39, 0.29) is 17.5 Å². The van der Waals surface area contributed by atoms with Crippen LogP contribution >= 0.6 is 0 Å². The third-order valence-electron chi connectivity index (χ3n) is 5.38. The van der Waals surface area contributed by atoms with Gasteiger partial charge in [-0.05, 0) is 42.2 Å². The number of carboxylic acids is 1. The molecule has 0 radical (unpaired) electrons. The summed E-state index contributed by atoms with van der Waals surface area (Å²) in [6, 6.07) is 8.16. The highest BCUT2D eigenvalue weighted by atomic mass is 16.4. The minimum atomic E-state index is -0.814. The van der Waals surface area contributed by atoms with Gasteiger partial charge >= 0.3 is 12.0 Å². The van der Waals surface area contributed by atoms with E-state index in [1.54, 1.807) is 4.90 Å². The zero-order chi connectivity index (χ0) is 17.3. The molecule has 1 heterocycles. The van der Waals surface area contributed by atoms with Crippen LogP contribution in [0.5, 0.6) is 0 Å². The molecule has 0 bridgehead atoms. The van der Waals surface area contributed by atoms with Gasteiger partial charge in [-0.15, -0.1) is 0 Å². The lowest BCUT2D eigenvalue weighted by molar-refractivity contribution is -0.141. The molecule has 2 unspecified atom stereocenters. The Bertz CT molecular complexity index is 641. The molecule has 0 aromatic heterocycles. The van der Waals surface area contributed by atoms with E-state index in [2.05, 4.69) is 31.3 Å². The van der Waals surface area contributed by atoms with E-state index in [4.69, 9.17) is 5.11 Å². The van der Waals surface area contributed by atoms with Crippen LogP contribution in [-0.2, 0) is 11.2 Å². The van der Waals surface area contributed by atoms with E-state index in [0.717, 1.165) is 19.3 Å². The van der Waals surface area contributed by atoms with Crippen molar-refractivity contribution in [3.63, 3.8) is 0 Å². The summed E-state index contributed by atoms with van der Waals surface area (Å²) < 4.78 is 0. The standard InChI is InChI=1S/C19H26N2O3/c1-19(2)9-7-13-5-3-4-6-15(13)16(11-19)20-18(24)21-10-8-14(12-21)17(22)23/h3-6,14,16H,7-12H2,1-2H3,(H,20,24)(H,22,23). The Balaban J connectivity index is 1.75. The number of rotatable bonds is 2. The lowest BCUT2D eigenvalue weighted by atomic mass is 9.83. The number of carbonyl (C=O) groups excluding carboxylic acids is 1. The van der Waals surface area contributed by atoms with E-state index >= 15 is 0 Å². The van der Waals surface area contributed by atoms with Crippen LogP contribution in [0, 0.1) is 11.3 Å². The molecule has 5 heteroatoms. The number of fused-ring (bicyclic) bond motifs is 1. The van der Waals surface area contributed by atoms with Crippen molar-refractivity contribution in [1.29, 1.82) is 0 Å². The van der Waals surface area contributed by atoms with Gasteiger partial charge in [-0.25, -0.2) is 4.79 Å². The van der Waals surface area contributed by atoms with Gasteiger partial charge < -0.3 is 15.3 Å². The van der Waals surface area contributed by atoms with E-state index in [1.165, 1.54) is 11.1 Å². The van der Waals surface area contributed by atoms with E-state index in [1.807, 2.05) is 12.1 Å². The van der Waals surface area contributed by atoms with Crippen LogP contribution in [0.15, 0.2) is 24.3 Å². The molecule has 0 saturated carbocycles. The lowest BCUT2D eigenvalue weighted by Gasteiger charge is -2.29. The number of likely N-dealkylation sites (tertiary alicyclic amines) is 1. The summed E-state index contributed by atoms with van der Waals surface area (Å²) in [4.78, 5) is 25.4. The normalized spacial score (nSPS) is 25.7. The molecule has 1 aromatic rings. The molecule has 5 nitrogen and oxygen atoms in total. The first kappa shape index (κ1) is 16.8. The quantitative estimate of drug-likeness (QED) is 0.818. The van der Waals surface area contributed by atoms with Crippen LogP contribution in [-0.4, -0.2) is 35.1 Å². The summed E-state index contributed by atoms with van der Waals surface area (Å²) in [6.07, 6.45) is 3.56. The summed E-state index contributed by atoms with van der Waals surface area (Å²) >= 11 is 0. The van der Waals surface area contributed by atoms with Gasteiger partial charge in [0, 0.05) is 13.1 Å². The molecular formula is C19H26N2O3. The van der Waals surface area contributed by atoms with Crippen molar-refractivity contribution in [3.05, 3.63) is 35.4 Å². The number of hydrogen-bond donors (Lipinski definition) is 2. The first-order valence-corrected chi connectivity index (χ1v) is 8.72. The van der Waals surface area contributed by atoms with E-state index < -0.39 is 11.9 Å². The number of carbonyl (C=O) groups is 2. The van der Waals surface area contributed by atoms with Crippen LogP contribution in [0.1, 0.15) is 50.3 Å². The number of carboxylic acid groups (broad SMARTS) is 1. The third kappa shape index (κ3) is 3.55. The predicted octanol–water partition coefficient (Wildman–Crippen LogP) is 3.21. The van der Waals surface area contributed by atoms with Crippen molar-refractivity contribution in [2.24, 2.45) is 11.3 Å². The van der Waals surface area contributed by atoms with E-state index in [0.29, 0.717) is 19.5 Å². The molecule has 0 spiro atoms. The minimum absolute atomic E-state index is 0.0184. The smallest absolute Gasteiger partial charge is 0.317 e. The van der Waals surface area contributed by atoms with Gasteiger partial charge in [0.15, 0.2) is 0 Å². The van der Waals surface area contributed by atoms with Gasteiger partial charge in [-0.3, -0.25) is 4.79 Å². The zero-order valence-electron chi connectivity index (χ0n) is 14.4. The van der Waals surface area contributed by atoms with Gasteiger partial charge in [0.1, 0.15) is 0 Å². The molecule has 1 aliphatic carbocycles. The van der Waals surface area contributed by atoms with Gasteiger partial charge in [-0.2, -0.15) is 0 Å². The predicted molar refractivity (Wildman–Crippen MR) is 91.7 cm³/mol. The molecule has 2 atom stereocenters. The Hall–Kier alpha value is -2.04. The van der Waals surface area contributed by atoms with Gasteiger partial charge in [0.05, 0.1) is 12.0 Å². The Labute approximate surface area is 143 Å². The fourth-order valence-electron chi connectivity index (χ4n) is 3.85. The molecule has 2 amide bonds. The van der Waals surface area contributed by atoms with Crippen LogP contribution in [0.2, 0.25) is 0 Å². The van der Waals surface area contributed by atoms with Crippen LogP contribution in [0.25, 0.3) is 0 Å². The summed E-state index contributed by atoms with van der Waals surface area (Å²) in [5, 5.41) is 12.3. The van der Waals surface area contributed by atoms with Crippen LogP contribution in [0.4, 0.5) is 4.79 Å². The topological polar surface area (TPSA) is 69.6 Å². The van der Waals surface area contributed by atoms with Crippen LogP contribution < -0.4 is 5.32 Å². The molecule has 1 saturated heterocycles. The second kappa shape index (κ2) is 6.46. The molecule has 24 heavy (non-hydrogen) atoms. The molecule has 1 aromatic carbocycles. The Morgan fingerprint density at radius 2 is 2.04 bits per heavy atom. The second-order valence-corrected chi connectivity index (χ2v) is 7.84. The molecular weight excluding hydrogens is 304 g/mol. The lowest BCUT2D eigenvalue weighted by Crippen LogP contribution is -2.41. The summed E-state index contributed by atoms with van der Waals surface area (Å²) in [7, 11) is 0. The average molecular weight is 330 g/mol. The molecule has 2 N–H and O–H groups in total. The van der Waals surface area contributed by atoms with Gasteiger partial charge in [-0.1, -0.05) is 38.1 Å². The van der Waals surface area contributed by atoms with Crippen molar-refractivity contribution in [3.8, 4) is 0 Å². The maximum atomic E-state index is 12.6. The molecule has 130 valence electrons. The van der Waals surface area contributed by atoms with Gasteiger partial charge in [0.25, 0.3) is 0 Å². The SMILES string of the molecule is CC1(C)CCc2ccccc2C(NC(=O)N2CCC(C(=O)O)C2)C1. The number of amides is 2. The maximum Gasteiger partial charge on any atom is 0.317 e. The number of urea groups is 1. The number of aryl methyl sites for hydroxylation is 1. The molecule has 1 aliphatic heterocycles. The average Bonchev–Trinajstić information content (AvgIpc) is 2.98.